The molecule has 0 N–H and O–H groups in total. The minimum atomic E-state index is 1.17. The highest BCUT2D eigenvalue weighted by molar-refractivity contribution is 6.19. The van der Waals surface area contributed by atoms with Crippen LogP contribution in [-0.2, 0) is 0 Å². The van der Waals surface area contributed by atoms with Gasteiger partial charge in [0.15, 0.2) is 0 Å². The summed E-state index contributed by atoms with van der Waals surface area (Å²) in [6.45, 7) is 0. The SMILES string of the molecule is c1cc2c3c(ccc(-n4c5ccccc5c5cc(-n6c7ccccc7c7ccccc76)ccc54)c3c1)-c1ccncc1-2. The van der Waals surface area contributed by atoms with Gasteiger partial charge in [-0.3, -0.25) is 4.98 Å². The van der Waals surface area contributed by atoms with E-state index < -0.39 is 0 Å². The Morgan fingerprint density at radius 2 is 1.02 bits per heavy atom. The van der Waals surface area contributed by atoms with Crippen LogP contribution in [0.3, 0.4) is 0 Å². The van der Waals surface area contributed by atoms with Crippen LogP contribution in [0.5, 0.6) is 0 Å². The summed E-state index contributed by atoms with van der Waals surface area (Å²) in [4.78, 5) is 4.44. The molecule has 194 valence electrons. The molecule has 0 spiro atoms. The Hall–Kier alpha value is -5.67. The molecule has 0 fully saturated rings. The maximum absolute atomic E-state index is 4.44. The third-order valence-corrected chi connectivity index (χ3v) is 9.15. The van der Waals surface area contributed by atoms with E-state index in [2.05, 4.69) is 142 Å². The van der Waals surface area contributed by atoms with Gasteiger partial charge in [0, 0.05) is 50.6 Å². The minimum absolute atomic E-state index is 1.17. The van der Waals surface area contributed by atoms with Crippen molar-refractivity contribution in [2.24, 2.45) is 0 Å². The van der Waals surface area contributed by atoms with Crippen molar-refractivity contribution in [3.63, 3.8) is 0 Å². The number of aromatic nitrogens is 3. The number of pyridine rings is 1. The Bertz CT molecular complexity index is 2500. The first-order valence-electron chi connectivity index (χ1n) is 14.4. The first-order valence-corrected chi connectivity index (χ1v) is 14.4. The van der Waals surface area contributed by atoms with Crippen molar-refractivity contribution in [1.82, 2.24) is 14.1 Å². The molecule has 0 saturated carbocycles. The number of para-hydroxylation sites is 3. The largest absolute Gasteiger partial charge is 0.309 e. The predicted molar refractivity (Wildman–Crippen MR) is 175 cm³/mol. The first-order chi connectivity index (χ1) is 20.9. The van der Waals surface area contributed by atoms with Crippen LogP contribution in [0.4, 0.5) is 0 Å². The lowest BCUT2D eigenvalue weighted by atomic mass is 10.0. The lowest BCUT2D eigenvalue weighted by Gasteiger charge is -2.14. The highest BCUT2D eigenvalue weighted by atomic mass is 15.0. The predicted octanol–water partition coefficient (Wildman–Crippen LogP) is 10.1. The van der Waals surface area contributed by atoms with Gasteiger partial charge in [-0.15, -0.1) is 0 Å². The molecule has 9 aromatic rings. The normalized spacial score (nSPS) is 12.3. The Morgan fingerprint density at radius 3 is 1.79 bits per heavy atom. The first kappa shape index (κ1) is 22.1. The quantitative estimate of drug-likeness (QED) is 0.217. The van der Waals surface area contributed by atoms with Gasteiger partial charge in [-0.1, -0.05) is 78.9 Å². The molecule has 3 heteroatoms. The zero-order valence-electron chi connectivity index (χ0n) is 22.6. The van der Waals surface area contributed by atoms with Crippen LogP contribution >= 0.6 is 0 Å². The molecular formula is C39H23N3. The Balaban J connectivity index is 1.28. The van der Waals surface area contributed by atoms with Crippen LogP contribution in [-0.4, -0.2) is 14.1 Å². The fourth-order valence-electron chi connectivity index (χ4n) is 7.44. The van der Waals surface area contributed by atoms with Crippen molar-refractivity contribution in [1.29, 1.82) is 0 Å². The van der Waals surface area contributed by atoms with Crippen molar-refractivity contribution >= 4 is 54.4 Å². The van der Waals surface area contributed by atoms with E-state index in [1.54, 1.807) is 0 Å². The number of rotatable bonds is 2. The fourth-order valence-corrected chi connectivity index (χ4v) is 7.44. The van der Waals surface area contributed by atoms with Crippen LogP contribution in [0.2, 0.25) is 0 Å². The van der Waals surface area contributed by atoms with Crippen LogP contribution in [0.15, 0.2) is 140 Å². The average Bonchev–Trinajstić information content (AvgIpc) is 3.68. The molecular weight excluding hydrogens is 510 g/mol. The van der Waals surface area contributed by atoms with Gasteiger partial charge in [0.05, 0.1) is 27.8 Å². The van der Waals surface area contributed by atoms with E-state index in [1.165, 1.54) is 88.0 Å². The topological polar surface area (TPSA) is 22.8 Å². The third kappa shape index (κ3) is 2.72. The second-order valence-corrected chi connectivity index (χ2v) is 11.2. The van der Waals surface area contributed by atoms with Crippen molar-refractivity contribution in [3.8, 4) is 33.6 Å². The molecule has 0 aliphatic heterocycles. The summed E-state index contributed by atoms with van der Waals surface area (Å²) in [5.41, 5.74) is 12.3. The number of nitrogens with zero attached hydrogens (tertiary/aromatic N) is 3. The zero-order valence-corrected chi connectivity index (χ0v) is 22.6. The number of fused-ring (bicyclic) bond motifs is 9. The molecule has 0 bridgehead atoms. The smallest absolute Gasteiger partial charge is 0.0542 e. The van der Waals surface area contributed by atoms with Gasteiger partial charge in [-0.2, -0.15) is 0 Å². The van der Waals surface area contributed by atoms with Gasteiger partial charge >= 0.3 is 0 Å². The van der Waals surface area contributed by atoms with Gasteiger partial charge in [0.1, 0.15) is 0 Å². The second kappa shape index (κ2) is 7.96. The van der Waals surface area contributed by atoms with Crippen LogP contribution < -0.4 is 0 Å². The third-order valence-electron chi connectivity index (χ3n) is 9.15. The molecule has 6 aromatic carbocycles. The fraction of sp³-hybridized carbons (Fsp3) is 0. The van der Waals surface area contributed by atoms with Gasteiger partial charge in [0.25, 0.3) is 0 Å². The molecule has 0 amide bonds. The summed E-state index contributed by atoms with van der Waals surface area (Å²) < 4.78 is 4.85. The lowest BCUT2D eigenvalue weighted by Crippen LogP contribution is -1.97. The van der Waals surface area contributed by atoms with Crippen molar-refractivity contribution in [3.05, 3.63) is 140 Å². The maximum atomic E-state index is 4.44. The molecule has 0 saturated heterocycles. The van der Waals surface area contributed by atoms with Crippen LogP contribution in [0.1, 0.15) is 0 Å². The Labute approximate surface area is 241 Å². The van der Waals surface area contributed by atoms with Crippen molar-refractivity contribution < 1.29 is 0 Å². The van der Waals surface area contributed by atoms with E-state index in [-0.39, 0.29) is 0 Å². The monoisotopic (exact) mass is 533 g/mol. The standard InChI is InChI=1S/C39H23N3/c1-4-13-34-26(8-1)27-9-2-5-14-35(27)41(34)24-16-18-38-32(22-24)28-10-3-6-15-36(28)42(38)37-19-17-30-25-20-21-40-23-33(25)29-11-7-12-31(37)39(29)30/h1-23H. The molecule has 3 nitrogen and oxygen atoms in total. The van der Waals surface area contributed by atoms with E-state index in [0.29, 0.717) is 0 Å². The summed E-state index contributed by atoms with van der Waals surface area (Å²) in [7, 11) is 0. The lowest BCUT2D eigenvalue weighted by molar-refractivity contribution is 1.17. The van der Waals surface area contributed by atoms with Crippen LogP contribution in [0, 0.1) is 0 Å². The van der Waals surface area contributed by atoms with E-state index in [0.717, 1.165) is 0 Å². The van der Waals surface area contributed by atoms with Gasteiger partial charge < -0.3 is 9.13 Å². The summed E-state index contributed by atoms with van der Waals surface area (Å²) >= 11 is 0. The molecule has 10 rings (SSSR count). The molecule has 3 heterocycles. The van der Waals surface area contributed by atoms with Gasteiger partial charge in [0.2, 0.25) is 0 Å². The molecule has 3 aromatic heterocycles. The molecule has 0 unspecified atom stereocenters. The molecule has 1 aliphatic rings. The Kier molecular flexibility index (Phi) is 4.18. The molecule has 1 aliphatic carbocycles. The zero-order chi connectivity index (χ0) is 27.4. The summed E-state index contributed by atoms with van der Waals surface area (Å²) in [5, 5.41) is 7.63. The summed E-state index contributed by atoms with van der Waals surface area (Å²) in [6.07, 6.45) is 3.90. The maximum Gasteiger partial charge on any atom is 0.0542 e. The Morgan fingerprint density at radius 1 is 0.405 bits per heavy atom. The van der Waals surface area contributed by atoms with E-state index in [4.69, 9.17) is 0 Å². The number of hydrogen-bond acceptors (Lipinski definition) is 1. The average molecular weight is 534 g/mol. The van der Waals surface area contributed by atoms with Crippen molar-refractivity contribution in [2.45, 2.75) is 0 Å². The highest BCUT2D eigenvalue weighted by Crippen LogP contribution is 2.49. The summed E-state index contributed by atoms with van der Waals surface area (Å²) in [5.74, 6) is 0. The second-order valence-electron chi connectivity index (χ2n) is 11.2. The summed E-state index contributed by atoms with van der Waals surface area (Å²) in [6, 6.07) is 46.6. The van der Waals surface area contributed by atoms with E-state index in [1.807, 2.05) is 12.4 Å². The minimum Gasteiger partial charge on any atom is -0.309 e. The van der Waals surface area contributed by atoms with E-state index in [9.17, 15) is 0 Å². The number of benzene rings is 6. The number of hydrogen-bond donors (Lipinski definition) is 0. The van der Waals surface area contributed by atoms with Crippen LogP contribution in [0.25, 0.3) is 88.0 Å². The molecule has 0 radical (unpaired) electrons. The van der Waals surface area contributed by atoms with Gasteiger partial charge in [-0.05, 0) is 70.6 Å². The molecule has 0 atom stereocenters. The van der Waals surface area contributed by atoms with Gasteiger partial charge in [-0.25, -0.2) is 0 Å². The van der Waals surface area contributed by atoms with E-state index >= 15 is 0 Å². The highest BCUT2D eigenvalue weighted by Gasteiger charge is 2.24. The van der Waals surface area contributed by atoms with Crippen molar-refractivity contribution in [2.75, 3.05) is 0 Å². The molecule has 42 heavy (non-hydrogen) atoms.